The van der Waals surface area contributed by atoms with E-state index in [9.17, 15) is 8.42 Å². The molecule has 0 saturated heterocycles. The van der Waals surface area contributed by atoms with Crippen LogP contribution in [0, 0.1) is 0 Å². The number of hydrogen-bond acceptors (Lipinski definition) is 4. The third kappa shape index (κ3) is 5.66. The maximum atomic E-state index is 10.8. The van der Waals surface area contributed by atoms with Crippen LogP contribution >= 0.6 is 0 Å². The summed E-state index contributed by atoms with van der Waals surface area (Å²) < 4.78 is 29.8. The lowest BCUT2D eigenvalue weighted by Gasteiger charge is -2.14. The van der Waals surface area contributed by atoms with Gasteiger partial charge in [-0.05, 0) is 12.1 Å². The van der Waals surface area contributed by atoms with Crippen molar-refractivity contribution in [1.29, 1.82) is 0 Å². The van der Waals surface area contributed by atoms with Gasteiger partial charge in [-0.25, -0.2) is 13.1 Å². The molecule has 0 aliphatic rings. The van der Waals surface area contributed by atoms with Crippen LogP contribution in [0.4, 0.5) is 0 Å². The molecular formula is C12H22N2O3S. The van der Waals surface area contributed by atoms with Gasteiger partial charge in [0.2, 0.25) is 10.0 Å². The lowest BCUT2D eigenvalue weighted by atomic mass is 9.94. The minimum Gasteiger partial charge on any atom is -0.464 e. The number of rotatable bonds is 6. The van der Waals surface area contributed by atoms with Crippen molar-refractivity contribution in [3.63, 3.8) is 0 Å². The highest BCUT2D eigenvalue weighted by molar-refractivity contribution is 7.88. The number of furan rings is 1. The van der Waals surface area contributed by atoms with E-state index in [-0.39, 0.29) is 5.41 Å². The van der Waals surface area contributed by atoms with Crippen molar-refractivity contribution in [2.24, 2.45) is 0 Å². The van der Waals surface area contributed by atoms with Gasteiger partial charge in [0.05, 0.1) is 12.8 Å². The average molecular weight is 274 g/mol. The van der Waals surface area contributed by atoms with Crippen molar-refractivity contribution in [2.75, 3.05) is 19.3 Å². The Labute approximate surface area is 109 Å². The summed E-state index contributed by atoms with van der Waals surface area (Å²) in [4.78, 5) is 0. The zero-order chi connectivity index (χ0) is 13.8. The quantitative estimate of drug-likeness (QED) is 0.765. The van der Waals surface area contributed by atoms with Gasteiger partial charge in [0.25, 0.3) is 0 Å². The minimum atomic E-state index is -3.10. The highest BCUT2D eigenvalue weighted by atomic mass is 32.2. The van der Waals surface area contributed by atoms with Gasteiger partial charge >= 0.3 is 0 Å². The molecule has 0 aromatic carbocycles. The molecule has 1 aromatic rings. The molecule has 2 N–H and O–H groups in total. The first-order valence-corrected chi connectivity index (χ1v) is 7.82. The van der Waals surface area contributed by atoms with E-state index in [4.69, 9.17) is 4.42 Å². The minimum absolute atomic E-state index is 0.0100. The summed E-state index contributed by atoms with van der Waals surface area (Å²) in [7, 11) is -3.10. The molecule has 0 atom stereocenters. The molecule has 0 unspecified atom stereocenters. The fourth-order valence-electron chi connectivity index (χ4n) is 1.41. The van der Waals surface area contributed by atoms with Crippen molar-refractivity contribution < 1.29 is 12.8 Å². The lowest BCUT2D eigenvalue weighted by molar-refractivity contribution is 0.379. The summed E-state index contributed by atoms with van der Waals surface area (Å²) in [6.07, 6.45) is 1.15. The van der Waals surface area contributed by atoms with Crippen LogP contribution in [0.5, 0.6) is 0 Å². The van der Waals surface area contributed by atoms with Gasteiger partial charge in [-0.15, -0.1) is 0 Å². The highest BCUT2D eigenvalue weighted by Gasteiger charge is 2.17. The maximum Gasteiger partial charge on any atom is 0.208 e. The standard InChI is InChI=1S/C12H22N2O3S/c1-12(2,3)11-6-5-10(17-11)9-13-7-8-14-18(4,15)16/h5-6,13-14H,7-9H2,1-4H3. The molecule has 1 heterocycles. The van der Waals surface area contributed by atoms with E-state index in [1.54, 1.807) is 0 Å². The second kappa shape index (κ2) is 5.86. The van der Waals surface area contributed by atoms with Crippen LogP contribution < -0.4 is 10.0 Å². The number of hydrogen-bond donors (Lipinski definition) is 2. The van der Waals surface area contributed by atoms with E-state index in [1.165, 1.54) is 0 Å². The van der Waals surface area contributed by atoms with Crippen molar-refractivity contribution in [3.8, 4) is 0 Å². The maximum absolute atomic E-state index is 10.8. The first-order valence-electron chi connectivity index (χ1n) is 5.93. The Balaban J connectivity index is 2.30. The molecule has 0 fully saturated rings. The summed E-state index contributed by atoms with van der Waals surface area (Å²) in [5, 5.41) is 3.12. The first kappa shape index (κ1) is 15.2. The molecule has 1 rings (SSSR count). The molecule has 0 aliphatic carbocycles. The van der Waals surface area contributed by atoms with Gasteiger partial charge in [-0.2, -0.15) is 0 Å². The summed E-state index contributed by atoms with van der Waals surface area (Å²) in [6.45, 7) is 7.84. The van der Waals surface area contributed by atoms with Crippen LogP contribution in [0.25, 0.3) is 0 Å². The Morgan fingerprint density at radius 2 is 1.89 bits per heavy atom. The molecule has 6 heteroatoms. The van der Waals surface area contributed by atoms with Crippen LogP contribution in [-0.2, 0) is 22.0 Å². The van der Waals surface area contributed by atoms with Gasteiger partial charge in [-0.3, -0.25) is 0 Å². The lowest BCUT2D eigenvalue weighted by Crippen LogP contribution is -2.30. The summed E-state index contributed by atoms with van der Waals surface area (Å²) in [6, 6.07) is 3.92. The van der Waals surface area contributed by atoms with Gasteiger partial charge < -0.3 is 9.73 Å². The third-order valence-electron chi connectivity index (χ3n) is 2.37. The van der Waals surface area contributed by atoms with Crippen LogP contribution in [0.15, 0.2) is 16.5 Å². The Kier molecular flexibility index (Phi) is 4.95. The Morgan fingerprint density at radius 1 is 1.22 bits per heavy atom. The average Bonchev–Trinajstić information content (AvgIpc) is 2.63. The highest BCUT2D eigenvalue weighted by Crippen LogP contribution is 2.23. The monoisotopic (exact) mass is 274 g/mol. The van der Waals surface area contributed by atoms with Gasteiger partial charge in [0.15, 0.2) is 0 Å². The van der Waals surface area contributed by atoms with Gasteiger partial charge in [0.1, 0.15) is 11.5 Å². The predicted molar refractivity (Wildman–Crippen MR) is 72.0 cm³/mol. The Hall–Kier alpha value is -0.850. The molecule has 0 radical (unpaired) electrons. The van der Waals surface area contributed by atoms with E-state index in [0.29, 0.717) is 19.6 Å². The van der Waals surface area contributed by atoms with Crippen LogP contribution in [-0.4, -0.2) is 27.8 Å². The molecule has 0 amide bonds. The van der Waals surface area contributed by atoms with Crippen molar-refractivity contribution in [2.45, 2.75) is 32.7 Å². The third-order valence-corrected chi connectivity index (χ3v) is 3.09. The van der Waals surface area contributed by atoms with Crippen molar-refractivity contribution in [3.05, 3.63) is 23.7 Å². The fraction of sp³-hybridized carbons (Fsp3) is 0.667. The van der Waals surface area contributed by atoms with E-state index in [0.717, 1.165) is 17.8 Å². The molecule has 104 valence electrons. The zero-order valence-electron chi connectivity index (χ0n) is 11.4. The number of nitrogens with one attached hydrogen (secondary N) is 2. The molecule has 0 bridgehead atoms. The van der Waals surface area contributed by atoms with Crippen LogP contribution in [0.3, 0.4) is 0 Å². The van der Waals surface area contributed by atoms with E-state index in [2.05, 4.69) is 30.8 Å². The van der Waals surface area contributed by atoms with E-state index < -0.39 is 10.0 Å². The van der Waals surface area contributed by atoms with Crippen LogP contribution in [0.2, 0.25) is 0 Å². The SMILES string of the molecule is CC(C)(C)c1ccc(CNCCNS(C)(=O)=O)o1. The van der Waals surface area contributed by atoms with Gasteiger partial charge in [-0.1, -0.05) is 20.8 Å². The second-order valence-corrected chi connectivity index (χ2v) is 7.19. The Bertz CT molecular complexity index is 472. The second-order valence-electron chi connectivity index (χ2n) is 5.36. The number of sulfonamides is 1. The van der Waals surface area contributed by atoms with Crippen molar-refractivity contribution >= 4 is 10.0 Å². The van der Waals surface area contributed by atoms with Gasteiger partial charge in [0, 0.05) is 18.5 Å². The molecule has 1 aromatic heterocycles. The molecular weight excluding hydrogens is 252 g/mol. The fourth-order valence-corrected chi connectivity index (χ4v) is 1.89. The molecule has 0 spiro atoms. The van der Waals surface area contributed by atoms with E-state index in [1.807, 2.05) is 12.1 Å². The summed E-state index contributed by atoms with van der Waals surface area (Å²) >= 11 is 0. The topological polar surface area (TPSA) is 71.3 Å². The largest absolute Gasteiger partial charge is 0.464 e. The summed E-state index contributed by atoms with van der Waals surface area (Å²) in [5.41, 5.74) is 0.0100. The Morgan fingerprint density at radius 3 is 2.39 bits per heavy atom. The zero-order valence-corrected chi connectivity index (χ0v) is 12.2. The first-order chi connectivity index (χ1) is 8.18. The van der Waals surface area contributed by atoms with Crippen molar-refractivity contribution in [1.82, 2.24) is 10.0 Å². The predicted octanol–water partition coefficient (Wildman–Crippen LogP) is 1.22. The van der Waals surface area contributed by atoms with Crippen LogP contribution in [0.1, 0.15) is 32.3 Å². The molecule has 5 nitrogen and oxygen atoms in total. The smallest absolute Gasteiger partial charge is 0.208 e. The van der Waals surface area contributed by atoms with E-state index >= 15 is 0 Å². The molecule has 0 saturated carbocycles. The molecule has 18 heavy (non-hydrogen) atoms. The normalized spacial score (nSPS) is 12.9. The summed E-state index contributed by atoms with van der Waals surface area (Å²) in [5.74, 6) is 1.81. The molecule has 0 aliphatic heterocycles.